The molecule has 0 aliphatic rings. The van der Waals surface area contributed by atoms with E-state index in [0.717, 1.165) is 22.4 Å². The largest absolute Gasteiger partial charge is 0.488 e. The maximum Gasteiger partial charge on any atom is 0.408 e. The number of aliphatic carboxylic acids is 1. The van der Waals surface area contributed by atoms with Crippen LogP contribution in [0.5, 0.6) is 5.75 Å². The van der Waals surface area contributed by atoms with E-state index in [0.29, 0.717) is 6.42 Å². The number of benzene rings is 4. The second-order valence-corrected chi connectivity index (χ2v) is 16.7. The van der Waals surface area contributed by atoms with Gasteiger partial charge in [0.25, 0.3) is 0 Å². The average Bonchev–Trinajstić information content (AvgIpc) is 3.21. The molecule has 0 atom stereocenters. The Labute approximate surface area is 365 Å². The Balaban J connectivity index is 0.000000340. The number of alkyl carbamates (subject to hydrolysis) is 1. The first-order chi connectivity index (χ1) is 29.0. The first-order valence-corrected chi connectivity index (χ1v) is 20.3. The van der Waals surface area contributed by atoms with Gasteiger partial charge in [-0.05, 0) is 91.1 Å². The van der Waals surface area contributed by atoms with Gasteiger partial charge in [0.1, 0.15) is 41.1 Å². The van der Waals surface area contributed by atoms with Crippen molar-refractivity contribution in [2.75, 3.05) is 19.6 Å². The van der Waals surface area contributed by atoms with Crippen LogP contribution in [0.2, 0.25) is 0 Å². The number of carbonyl (C=O) groups excluding carboxylic acids is 5. The van der Waals surface area contributed by atoms with Crippen molar-refractivity contribution in [3.63, 3.8) is 0 Å². The predicted molar refractivity (Wildman–Crippen MR) is 239 cm³/mol. The van der Waals surface area contributed by atoms with Crippen LogP contribution >= 0.6 is 0 Å². The fourth-order valence-corrected chi connectivity index (χ4v) is 5.57. The van der Waals surface area contributed by atoms with Gasteiger partial charge in [-0.15, -0.1) is 0 Å². The van der Waals surface area contributed by atoms with Gasteiger partial charge < -0.3 is 41.2 Å². The number of nitrogens with one attached hydrogen (secondary N) is 5. The Kier molecular flexibility index (Phi) is 19.8. The molecule has 0 aliphatic carbocycles. The summed E-state index contributed by atoms with van der Waals surface area (Å²) in [5.41, 5.74) is 1.53. The summed E-state index contributed by atoms with van der Waals surface area (Å²) in [5.74, 6) is -2.23. The quantitative estimate of drug-likeness (QED) is 0.0777. The van der Waals surface area contributed by atoms with Gasteiger partial charge in [0.2, 0.25) is 23.6 Å². The molecule has 14 heteroatoms. The molecular formula is C48H63N5O9. The normalized spacial score (nSPS) is 11.1. The number of aryl methyl sites for hydroxylation is 1. The van der Waals surface area contributed by atoms with Crippen molar-refractivity contribution in [3.8, 4) is 5.75 Å². The molecule has 0 saturated heterocycles. The van der Waals surface area contributed by atoms with Crippen molar-refractivity contribution in [2.45, 2.75) is 97.9 Å². The molecule has 62 heavy (non-hydrogen) atoms. The van der Waals surface area contributed by atoms with Crippen molar-refractivity contribution in [3.05, 3.63) is 138 Å². The van der Waals surface area contributed by atoms with Crippen molar-refractivity contribution in [2.24, 2.45) is 0 Å². The van der Waals surface area contributed by atoms with Crippen LogP contribution in [0.1, 0.15) is 91.0 Å². The number of carboxylic acids is 1. The summed E-state index contributed by atoms with van der Waals surface area (Å²) in [6.45, 7) is 16.5. The Morgan fingerprint density at radius 1 is 0.532 bits per heavy atom. The number of carboxylic acid groups (broad SMARTS) is 1. The monoisotopic (exact) mass is 853 g/mol. The van der Waals surface area contributed by atoms with Crippen LogP contribution in [-0.4, -0.2) is 77.2 Å². The second kappa shape index (κ2) is 23.9. The number of ether oxygens (including phenoxy) is 2. The van der Waals surface area contributed by atoms with Crippen LogP contribution in [0.15, 0.2) is 115 Å². The highest BCUT2D eigenvalue weighted by Gasteiger charge is 2.37. The number of hydrogen-bond donors (Lipinski definition) is 6. The highest BCUT2D eigenvalue weighted by Crippen LogP contribution is 2.36. The van der Waals surface area contributed by atoms with Gasteiger partial charge in [-0.3, -0.25) is 24.0 Å². The minimum absolute atomic E-state index is 0.0200. The van der Waals surface area contributed by atoms with Gasteiger partial charge in [-0.2, -0.15) is 0 Å². The number of amides is 5. The zero-order chi connectivity index (χ0) is 46.6. The van der Waals surface area contributed by atoms with Crippen molar-refractivity contribution in [1.29, 1.82) is 0 Å². The second-order valence-electron chi connectivity index (χ2n) is 16.7. The first-order valence-electron chi connectivity index (χ1n) is 20.3. The fraction of sp³-hybridized carbons (Fsp3) is 0.375. The number of hydrogen-bond acceptors (Lipinski definition) is 8. The molecule has 14 nitrogen and oxygen atoms in total. The van der Waals surface area contributed by atoms with E-state index in [1.54, 1.807) is 20.8 Å². The minimum atomic E-state index is -1.36. The van der Waals surface area contributed by atoms with E-state index in [4.69, 9.17) is 14.6 Å². The maximum absolute atomic E-state index is 12.4. The van der Waals surface area contributed by atoms with Crippen LogP contribution in [0.3, 0.4) is 0 Å². The summed E-state index contributed by atoms with van der Waals surface area (Å²) in [7, 11) is 0. The van der Waals surface area contributed by atoms with Crippen LogP contribution in [0, 0.1) is 6.92 Å². The molecule has 334 valence electrons. The zero-order valence-corrected chi connectivity index (χ0v) is 37.5. The fourth-order valence-electron chi connectivity index (χ4n) is 5.57. The zero-order valence-electron chi connectivity index (χ0n) is 37.5. The summed E-state index contributed by atoms with van der Waals surface area (Å²) < 4.78 is 10.6. The lowest BCUT2D eigenvalue weighted by Gasteiger charge is -2.36. The third-order valence-corrected chi connectivity index (χ3v) is 8.37. The Bertz CT molecular complexity index is 1950. The van der Waals surface area contributed by atoms with Gasteiger partial charge in [0.05, 0.1) is 6.54 Å². The Hall–Kier alpha value is -6.70. The molecular weight excluding hydrogens is 791 g/mol. The minimum Gasteiger partial charge on any atom is -0.488 e. The van der Waals surface area contributed by atoms with E-state index in [-0.39, 0.29) is 11.5 Å². The molecule has 0 fully saturated rings. The van der Waals surface area contributed by atoms with Crippen molar-refractivity contribution >= 4 is 35.7 Å². The van der Waals surface area contributed by atoms with Crippen molar-refractivity contribution < 1.29 is 43.3 Å². The van der Waals surface area contributed by atoms with E-state index >= 15 is 0 Å². The summed E-state index contributed by atoms with van der Waals surface area (Å²) in [6, 6.07) is 38.5. The van der Waals surface area contributed by atoms with E-state index in [2.05, 4.69) is 82.0 Å². The standard InChI is InChI=1S/C22H21NO.C15H26N4O7.C11H16O/c1-2-21(24)23-22(18-12-6-3-7-13-18,19-14-8-4-9-15-19)20-16-10-5-11-17-20;1-14(2,3)26-13(25)18-7-10(21)19-15(4,5)12(24)17-6-9(20)16-8-11(22)23;1-9-5-7-10(8-6-9)12-11(2,3)4/h3-17H,2H2,1H3,(H,23,24);6-8H2,1-5H3,(H,16,20)(H,17,24)(H,18,25)(H,19,21)(H,22,23);5-8H,1-4H3. The van der Waals surface area contributed by atoms with Gasteiger partial charge in [0, 0.05) is 6.42 Å². The first kappa shape index (κ1) is 51.4. The summed E-state index contributed by atoms with van der Waals surface area (Å²) in [5, 5.41) is 20.7. The van der Waals surface area contributed by atoms with Gasteiger partial charge >= 0.3 is 12.1 Å². The van der Waals surface area contributed by atoms with Crippen LogP contribution in [0.4, 0.5) is 4.79 Å². The van der Waals surface area contributed by atoms with Gasteiger partial charge in [0.15, 0.2) is 0 Å². The van der Waals surface area contributed by atoms with Gasteiger partial charge in [-0.1, -0.05) is 116 Å². The molecule has 0 aromatic heterocycles. The van der Waals surface area contributed by atoms with Gasteiger partial charge in [-0.25, -0.2) is 4.79 Å². The third kappa shape index (κ3) is 18.7. The lowest BCUT2D eigenvalue weighted by Crippen LogP contribution is -2.57. The van der Waals surface area contributed by atoms with Crippen LogP contribution in [0.25, 0.3) is 0 Å². The molecule has 0 radical (unpaired) electrons. The third-order valence-electron chi connectivity index (χ3n) is 8.37. The van der Waals surface area contributed by atoms with E-state index in [1.807, 2.05) is 94.4 Å². The van der Waals surface area contributed by atoms with Crippen molar-refractivity contribution in [1.82, 2.24) is 26.6 Å². The molecule has 5 amide bonds. The SMILES string of the molecule is CC(C)(C)OC(=O)NCC(=O)NC(C)(C)C(=O)NCC(=O)NCC(=O)O.CCC(=O)NC(c1ccccc1)(c1ccccc1)c1ccccc1.Cc1ccc(OC(C)(C)C)cc1. The highest BCUT2D eigenvalue weighted by atomic mass is 16.6. The maximum atomic E-state index is 12.4. The van der Waals surface area contributed by atoms with E-state index in [1.165, 1.54) is 19.4 Å². The van der Waals surface area contributed by atoms with Crippen LogP contribution < -0.4 is 31.3 Å². The topological polar surface area (TPSA) is 201 Å². The molecule has 0 heterocycles. The predicted octanol–water partition coefficient (Wildman–Crippen LogP) is 6.40. The molecule has 6 N–H and O–H groups in total. The molecule has 0 saturated carbocycles. The Morgan fingerprint density at radius 2 is 0.984 bits per heavy atom. The lowest BCUT2D eigenvalue weighted by molar-refractivity contribution is -0.138. The number of rotatable bonds is 14. The highest BCUT2D eigenvalue weighted by molar-refractivity contribution is 5.94. The molecule has 0 unspecified atom stereocenters. The summed E-state index contributed by atoms with van der Waals surface area (Å²) in [4.78, 5) is 69.5. The average molecular weight is 854 g/mol. The molecule has 4 aromatic rings. The molecule has 4 aromatic carbocycles. The smallest absolute Gasteiger partial charge is 0.408 e. The summed E-state index contributed by atoms with van der Waals surface area (Å²) in [6.07, 6.45) is -0.334. The lowest BCUT2D eigenvalue weighted by atomic mass is 9.77. The number of carbonyl (C=O) groups is 6. The molecule has 4 rings (SSSR count). The van der Waals surface area contributed by atoms with E-state index < -0.39 is 66.1 Å². The molecule has 0 spiro atoms. The molecule has 0 bridgehead atoms. The molecule has 0 aliphatic heterocycles. The Morgan fingerprint density at radius 3 is 1.39 bits per heavy atom. The van der Waals surface area contributed by atoms with E-state index in [9.17, 15) is 28.8 Å². The van der Waals surface area contributed by atoms with Crippen LogP contribution in [-0.2, 0) is 34.2 Å². The summed E-state index contributed by atoms with van der Waals surface area (Å²) >= 11 is 0.